The predicted molar refractivity (Wildman–Crippen MR) is 108 cm³/mol. The van der Waals surface area contributed by atoms with Crippen LogP contribution < -0.4 is 9.46 Å². The van der Waals surface area contributed by atoms with E-state index in [0.717, 1.165) is 18.7 Å². The lowest BCUT2D eigenvalue weighted by molar-refractivity contribution is 0.403. The summed E-state index contributed by atoms with van der Waals surface area (Å²) in [5, 5.41) is 8.93. The third-order valence-electron chi connectivity index (χ3n) is 5.09. The highest BCUT2D eigenvalue weighted by molar-refractivity contribution is 7.92. The van der Waals surface area contributed by atoms with E-state index >= 15 is 0 Å². The minimum Gasteiger partial charge on any atom is -0.495 e. The van der Waals surface area contributed by atoms with E-state index < -0.39 is 10.0 Å². The first-order valence-electron chi connectivity index (χ1n) is 9.19. The summed E-state index contributed by atoms with van der Waals surface area (Å²) in [5.41, 5.74) is 0.840. The Morgan fingerprint density at radius 3 is 2.71 bits per heavy atom. The molecule has 0 radical (unpaired) electrons. The van der Waals surface area contributed by atoms with E-state index in [1.807, 2.05) is 10.6 Å². The van der Waals surface area contributed by atoms with Gasteiger partial charge < -0.3 is 4.74 Å². The van der Waals surface area contributed by atoms with Crippen LogP contribution in [-0.4, -0.2) is 30.1 Å². The van der Waals surface area contributed by atoms with Gasteiger partial charge in [-0.3, -0.25) is 9.12 Å². The van der Waals surface area contributed by atoms with Crippen molar-refractivity contribution >= 4 is 33.0 Å². The molecule has 0 bridgehead atoms. The van der Waals surface area contributed by atoms with Crippen LogP contribution in [0.4, 0.5) is 5.69 Å². The molecule has 148 valence electrons. The van der Waals surface area contributed by atoms with Crippen molar-refractivity contribution in [2.75, 3.05) is 11.8 Å². The Balaban J connectivity index is 1.72. The Kier molecular flexibility index (Phi) is 5.16. The molecule has 3 aromatic rings. The largest absolute Gasteiger partial charge is 0.495 e. The molecule has 1 saturated carbocycles. The highest BCUT2D eigenvalue weighted by Gasteiger charge is 2.24. The number of rotatable bonds is 5. The molecule has 0 amide bonds. The molecule has 2 heterocycles. The molecular formula is C19H21ClN4O3S. The number of hydrogen-bond donors (Lipinski definition) is 1. The molecular weight excluding hydrogens is 400 g/mol. The van der Waals surface area contributed by atoms with Gasteiger partial charge in [-0.1, -0.05) is 30.9 Å². The lowest BCUT2D eigenvalue weighted by atomic mass is 9.89. The van der Waals surface area contributed by atoms with Crippen LogP contribution in [0.25, 0.3) is 5.65 Å². The molecule has 28 heavy (non-hydrogen) atoms. The fourth-order valence-corrected chi connectivity index (χ4v) is 5.21. The Bertz CT molecular complexity index is 1110. The van der Waals surface area contributed by atoms with Crippen LogP contribution in [0.15, 0.2) is 41.4 Å². The molecule has 2 aromatic heterocycles. The number of nitrogens with one attached hydrogen (secondary N) is 1. The summed E-state index contributed by atoms with van der Waals surface area (Å²) in [5.74, 6) is 1.45. The van der Waals surface area contributed by atoms with E-state index in [9.17, 15) is 8.42 Å². The van der Waals surface area contributed by atoms with Crippen molar-refractivity contribution in [3.63, 3.8) is 0 Å². The maximum Gasteiger partial charge on any atom is 0.265 e. The lowest BCUT2D eigenvalue weighted by Gasteiger charge is -2.19. The van der Waals surface area contributed by atoms with Crippen molar-refractivity contribution in [2.24, 2.45) is 0 Å². The summed E-state index contributed by atoms with van der Waals surface area (Å²) < 4.78 is 35.6. The van der Waals surface area contributed by atoms with Crippen molar-refractivity contribution in [2.45, 2.75) is 42.9 Å². The first-order chi connectivity index (χ1) is 13.5. The predicted octanol–water partition coefficient (Wildman–Crippen LogP) is 4.24. The molecule has 0 saturated heterocycles. The van der Waals surface area contributed by atoms with Gasteiger partial charge in [0.1, 0.15) is 16.5 Å². The monoisotopic (exact) mass is 420 g/mol. The molecule has 0 spiro atoms. The number of anilines is 1. The number of nitrogens with zero attached hydrogens (tertiary/aromatic N) is 3. The first-order valence-corrected chi connectivity index (χ1v) is 11.1. The van der Waals surface area contributed by atoms with Crippen LogP contribution in [0, 0.1) is 0 Å². The third-order valence-corrected chi connectivity index (χ3v) is 6.71. The van der Waals surface area contributed by atoms with Crippen LogP contribution in [0.2, 0.25) is 5.02 Å². The van der Waals surface area contributed by atoms with E-state index in [2.05, 4.69) is 14.9 Å². The quantitative estimate of drug-likeness (QED) is 0.667. The third kappa shape index (κ3) is 3.54. The molecule has 1 aromatic carbocycles. The van der Waals surface area contributed by atoms with Crippen LogP contribution >= 0.6 is 11.6 Å². The zero-order valence-corrected chi connectivity index (χ0v) is 17.0. The summed E-state index contributed by atoms with van der Waals surface area (Å²) >= 11 is 5.99. The lowest BCUT2D eigenvalue weighted by Crippen LogP contribution is -2.15. The van der Waals surface area contributed by atoms with Gasteiger partial charge in [-0.05, 0) is 43.2 Å². The van der Waals surface area contributed by atoms with Crippen LogP contribution in [-0.2, 0) is 10.0 Å². The van der Waals surface area contributed by atoms with Gasteiger partial charge in [0.15, 0.2) is 5.65 Å². The summed E-state index contributed by atoms with van der Waals surface area (Å²) in [7, 11) is -2.51. The number of aromatic nitrogens is 3. The molecule has 1 aliphatic carbocycles. The number of sulfonamides is 1. The number of methoxy groups -OCH3 is 1. The smallest absolute Gasteiger partial charge is 0.265 e. The van der Waals surface area contributed by atoms with Crippen molar-refractivity contribution in [1.29, 1.82) is 0 Å². The second kappa shape index (κ2) is 7.60. The van der Waals surface area contributed by atoms with Crippen molar-refractivity contribution in [3.8, 4) is 5.75 Å². The molecule has 9 heteroatoms. The summed E-state index contributed by atoms with van der Waals surface area (Å²) in [6.07, 6.45) is 7.64. The second-order valence-corrected chi connectivity index (χ2v) is 9.00. The van der Waals surface area contributed by atoms with Gasteiger partial charge in [-0.25, -0.2) is 8.42 Å². The molecule has 1 N–H and O–H groups in total. The minimum atomic E-state index is -3.93. The first kappa shape index (κ1) is 19.0. The highest BCUT2D eigenvalue weighted by atomic mass is 35.5. The number of benzene rings is 1. The van der Waals surface area contributed by atoms with E-state index in [0.29, 0.717) is 22.3 Å². The summed E-state index contributed by atoms with van der Waals surface area (Å²) in [6, 6.07) is 7.92. The average Bonchev–Trinajstić information content (AvgIpc) is 3.14. The highest BCUT2D eigenvalue weighted by Crippen LogP contribution is 2.33. The fraction of sp³-hybridized carbons (Fsp3) is 0.368. The van der Waals surface area contributed by atoms with E-state index in [1.54, 1.807) is 18.2 Å². The average molecular weight is 421 g/mol. The Morgan fingerprint density at radius 1 is 1.18 bits per heavy atom. The van der Waals surface area contributed by atoms with Gasteiger partial charge in [0.25, 0.3) is 10.0 Å². The van der Waals surface area contributed by atoms with Gasteiger partial charge in [-0.2, -0.15) is 0 Å². The standard InChI is InChI=1S/C19H21ClN4O3S/c1-27-16-10-9-14(20)12-17(16)28(25,26)23-15-8-5-11-24-18(21-22-19(15)24)13-6-3-2-4-7-13/h5,8-13,23H,2-4,6-7H2,1H3. The van der Waals surface area contributed by atoms with Gasteiger partial charge in [0.05, 0.1) is 12.8 Å². The van der Waals surface area contributed by atoms with Crippen molar-refractivity contribution in [1.82, 2.24) is 14.6 Å². The molecule has 0 unspecified atom stereocenters. The van der Waals surface area contributed by atoms with E-state index in [4.69, 9.17) is 16.3 Å². The zero-order valence-electron chi connectivity index (χ0n) is 15.4. The Hall–Kier alpha value is -2.32. The van der Waals surface area contributed by atoms with Crippen LogP contribution in [0.5, 0.6) is 5.75 Å². The molecule has 7 nitrogen and oxygen atoms in total. The van der Waals surface area contributed by atoms with Crippen molar-refractivity contribution in [3.05, 3.63) is 47.4 Å². The summed E-state index contributed by atoms with van der Waals surface area (Å²) in [6.45, 7) is 0. The SMILES string of the molecule is COc1ccc(Cl)cc1S(=O)(=O)Nc1cccn2c(C3CCCCC3)nnc12. The molecule has 0 aliphatic heterocycles. The second-order valence-electron chi connectivity index (χ2n) is 6.91. The van der Waals surface area contributed by atoms with Crippen molar-refractivity contribution < 1.29 is 13.2 Å². The fourth-order valence-electron chi connectivity index (χ4n) is 3.71. The molecule has 1 aliphatic rings. The number of halogens is 1. The number of pyridine rings is 1. The van der Waals surface area contributed by atoms with Gasteiger partial charge >= 0.3 is 0 Å². The molecule has 4 rings (SSSR count). The molecule has 0 atom stereocenters. The van der Waals surface area contributed by atoms with Crippen LogP contribution in [0.1, 0.15) is 43.8 Å². The number of fused-ring (bicyclic) bond motifs is 1. The van der Waals surface area contributed by atoms with Gasteiger partial charge in [0.2, 0.25) is 0 Å². The zero-order chi connectivity index (χ0) is 19.7. The maximum atomic E-state index is 13.0. The minimum absolute atomic E-state index is 0.0310. The normalized spacial score (nSPS) is 15.6. The van der Waals surface area contributed by atoms with Gasteiger partial charge in [-0.15, -0.1) is 10.2 Å². The van der Waals surface area contributed by atoms with E-state index in [1.165, 1.54) is 38.5 Å². The summed E-state index contributed by atoms with van der Waals surface area (Å²) in [4.78, 5) is -0.0310. The number of hydrogen-bond acceptors (Lipinski definition) is 5. The van der Waals surface area contributed by atoms with Crippen LogP contribution in [0.3, 0.4) is 0 Å². The Morgan fingerprint density at radius 2 is 1.96 bits per heavy atom. The maximum absolute atomic E-state index is 13.0. The molecule has 1 fully saturated rings. The Labute approximate surface area is 168 Å². The van der Waals surface area contributed by atoms with Gasteiger partial charge in [0, 0.05) is 17.1 Å². The van der Waals surface area contributed by atoms with E-state index in [-0.39, 0.29) is 10.6 Å². The topological polar surface area (TPSA) is 85.6 Å². The number of ether oxygens (including phenoxy) is 1.